The van der Waals surface area contributed by atoms with E-state index in [1.54, 1.807) is 0 Å². The van der Waals surface area contributed by atoms with Crippen LogP contribution in [0.1, 0.15) is 0 Å². The first-order valence-electron chi connectivity index (χ1n) is 2.85. The van der Waals surface area contributed by atoms with Crippen molar-refractivity contribution in [2.75, 3.05) is 0 Å². The van der Waals surface area contributed by atoms with Crippen LogP contribution in [-0.4, -0.2) is 16.9 Å². The van der Waals surface area contributed by atoms with Gasteiger partial charge < -0.3 is 5.11 Å². The van der Waals surface area contributed by atoms with Gasteiger partial charge in [-0.3, -0.25) is 4.79 Å². The highest BCUT2D eigenvalue weighted by molar-refractivity contribution is 6.40. The van der Waals surface area contributed by atoms with Gasteiger partial charge in [-0.1, -0.05) is 31.4 Å². The molecule has 0 fully saturated rings. The highest BCUT2D eigenvalue weighted by Gasteiger charge is 2.12. The zero-order valence-electron chi connectivity index (χ0n) is 5.91. The Bertz CT molecular complexity index is 236. The second kappa shape index (κ2) is 4.22. The molecule has 0 rings (SSSR count). The summed E-state index contributed by atoms with van der Waals surface area (Å²) < 4.78 is 0. The van der Waals surface area contributed by atoms with E-state index in [1.165, 1.54) is 18.2 Å². The van der Waals surface area contributed by atoms with Crippen molar-refractivity contribution in [1.29, 1.82) is 0 Å². The van der Waals surface area contributed by atoms with Crippen molar-refractivity contribution < 1.29 is 14.7 Å². The monoisotopic (exact) mass is 152 g/mol. The Morgan fingerprint density at radius 3 is 2.27 bits per heavy atom. The van der Waals surface area contributed by atoms with E-state index in [4.69, 9.17) is 5.11 Å². The number of aliphatic carboxylic acids is 1. The molecular formula is C8H8O3. The Kier molecular flexibility index (Phi) is 3.59. The van der Waals surface area contributed by atoms with Crippen molar-refractivity contribution in [3.05, 3.63) is 37.0 Å². The summed E-state index contributed by atoms with van der Waals surface area (Å²) in [6.07, 6.45) is 4.17. The minimum atomic E-state index is -1.50. The van der Waals surface area contributed by atoms with Crippen LogP contribution in [0.4, 0.5) is 0 Å². The van der Waals surface area contributed by atoms with Gasteiger partial charge in [0.2, 0.25) is 0 Å². The number of hydrogen-bond donors (Lipinski definition) is 1. The van der Waals surface area contributed by atoms with Crippen LogP contribution in [0.25, 0.3) is 0 Å². The molecule has 0 aliphatic heterocycles. The number of rotatable bonds is 4. The first-order valence-corrected chi connectivity index (χ1v) is 2.85. The fraction of sp³-hybridized carbons (Fsp3) is 0. The molecule has 0 saturated heterocycles. The number of carbonyl (C=O) groups excluding carboxylic acids is 1. The van der Waals surface area contributed by atoms with Gasteiger partial charge in [0.15, 0.2) is 0 Å². The van der Waals surface area contributed by atoms with Gasteiger partial charge in [0.25, 0.3) is 5.78 Å². The van der Waals surface area contributed by atoms with Crippen LogP contribution >= 0.6 is 0 Å². The van der Waals surface area contributed by atoms with E-state index in [2.05, 4.69) is 13.2 Å². The van der Waals surface area contributed by atoms with Gasteiger partial charge in [0.1, 0.15) is 0 Å². The molecule has 1 N–H and O–H groups in total. The molecule has 0 heterocycles. The summed E-state index contributed by atoms with van der Waals surface area (Å²) in [6, 6.07) is 0. The molecule has 0 aromatic heterocycles. The molecular weight excluding hydrogens is 144 g/mol. The number of carboxylic acid groups (broad SMARTS) is 1. The summed E-state index contributed by atoms with van der Waals surface area (Å²) in [6.45, 7) is 6.60. The van der Waals surface area contributed by atoms with E-state index in [-0.39, 0.29) is 5.57 Å². The quantitative estimate of drug-likeness (QED) is 0.370. The molecule has 0 aliphatic carbocycles. The summed E-state index contributed by atoms with van der Waals surface area (Å²) in [5.41, 5.74) is -0.0580. The number of carboxylic acids is 1. The van der Waals surface area contributed by atoms with Crippen molar-refractivity contribution >= 4 is 11.8 Å². The molecule has 0 amide bonds. The fourth-order valence-corrected chi connectivity index (χ4v) is 0.397. The minimum Gasteiger partial charge on any atom is -0.475 e. The van der Waals surface area contributed by atoms with Gasteiger partial charge in [0.05, 0.1) is 0 Å². The SMILES string of the molecule is C=C/C=C\C(=C)C(=O)C(=O)O. The second-order valence-electron chi connectivity index (χ2n) is 1.75. The zero-order chi connectivity index (χ0) is 8.85. The Morgan fingerprint density at radius 2 is 1.91 bits per heavy atom. The molecule has 0 atom stereocenters. The maximum absolute atomic E-state index is 10.6. The van der Waals surface area contributed by atoms with Gasteiger partial charge in [0, 0.05) is 5.57 Å². The van der Waals surface area contributed by atoms with E-state index < -0.39 is 11.8 Å². The molecule has 0 saturated carbocycles. The molecule has 0 aliphatic rings. The van der Waals surface area contributed by atoms with Crippen molar-refractivity contribution in [2.45, 2.75) is 0 Å². The smallest absolute Gasteiger partial charge is 0.377 e. The third-order valence-corrected chi connectivity index (χ3v) is 0.919. The van der Waals surface area contributed by atoms with Crippen molar-refractivity contribution in [3.63, 3.8) is 0 Å². The van der Waals surface area contributed by atoms with E-state index in [0.717, 1.165) is 0 Å². The second-order valence-corrected chi connectivity index (χ2v) is 1.75. The maximum atomic E-state index is 10.6. The zero-order valence-corrected chi connectivity index (χ0v) is 5.91. The predicted molar refractivity (Wildman–Crippen MR) is 41.1 cm³/mol. The Labute approximate surface area is 64.3 Å². The lowest BCUT2D eigenvalue weighted by Gasteiger charge is -1.89. The van der Waals surface area contributed by atoms with Crippen LogP contribution in [0.5, 0.6) is 0 Å². The summed E-state index contributed by atoms with van der Waals surface area (Å²) in [5, 5.41) is 8.18. The highest BCUT2D eigenvalue weighted by Crippen LogP contribution is 1.94. The van der Waals surface area contributed by atoms with Crippen molar-refractivity contribution in [2.24, 2.45) is 0 Å². The number of ketones is 1. The number of Topliss-reactive ketones (excluding diaryl/α,β-unsaturated/α-hetero) is 1. The van der Waals surface area contributed by atoms with E-state index in [1.807, 2.05) is 0 Å². The average molecular weight is 152 g/mol. The fourth-order valence-electron chi connectivity index (χ4n) is 0.397. The van der Waals surface area contributed by atoms with Gasteiger partial charge in [-0.05, 0) is 0 Å². The lowest BCUT2D eigenvalue weighted by Crippen LogP contribution is -2.12. The third-order valence-electron chi connectivity index (χ3n) is 0.919. The van der Waals surface area contributed by atoms with Crippen LogP contribution in [0, 0.1) is 0 Å². The number of allylic oxidation sites excluding steroid dienone is 3. The lowest BCUT2D eigenvalue weighted by molar-refractivity contribution is -0.147. The molecule has 11 heavy (non-hydrogen) atoms. The van der Waals surface area contributed by atoms with E-state index in [9.17, 15) is 9.59 Å². The first-order chi connectivity index (χ1) is 5.09. The third kappa shape index (κ3) is 3.15. The molecule has 3 heteroatoms. The standard InChI is InChI=1S/C8H8O3/c1-3-4-5-6(2)7(9)8(10)11/h3-5H,1-2H2,(H,10,11)/b5-4-. The van der Waals surface area contributed by atoms with Crippen LogP contribution in [-0.2, 0) is 9.59 Å². The van der Waals surface area contributed by atoms with Crippen LogP contribution in [0.15, 0.2) is 37.0 Å². The number of hydrogen-bond acceptors (Lipinski definition) is 2. The van der Waals surface area contributed by atoms with Crippen LogP contribution < -0.4 is 0 Å². The lowest BCUT2D eigenvalue weighted by atomic mass is 10.2. The normalized spacial score (nSPS) is 9.45. The minimum absolute atomic E-state index is 0.0580. The summed E-state index contributed by atoms with van der Waals surface area (Å²) in [5.74, 6) is -2.49. The molecule has 0 aromatic rings. The average Bonchev–Trinajstić information content (AvgIpc) is 1.98. The topological polar surface area (TPSA) is 54.4 Å². The van der Waals surface area contributed by atoms with Gasteiger partial charge >= 0.3 is 5.97 Å². The van der Waals surface area contributed by atoms with Crippen LogP contribution in [0.2, 0.25) is 0 Å². The summed E-state index contributed by atoms with van der Waals surface area (Å²) in [4.78, 5) is 20.6. The molecule has 3 nitrogen and oxygen atoms in total. The largest absolute Gasteiger partial charge is 0.475 e. The van der Waals surface area contributed by atoms with Gasteiger partial charge in [-0.15, -0.1) is 0 Å². The number of carbonyl (C=O) groups is 2. The predicted octanol–water partition coefficient (Wildman–Crippen LogP) is 0.938. The van der Waals surface area contributed by atoms with E-state index >= 15 is 0 Å². The van der Waals surface area contributed by atoms with Gasteiger partial charge in [-0.2, -0.15) is 0 Å². The first kappa shape index (κ1) is 9.36. The van der Waals surface area contributed by atoms with Crippen LogP contribution in [0.3, 0.4) is 0 Å². The Balaban J connectivity index is 4.26. The molecule has 0 radical (unpaired) electrons. The molecule has 58 valence electrons. The Morgan fingerprint density at radius 1 is 1.36 bits per heavy atom. The Hall–Kier alpha value is -1.64. The van der Waals surface area contributed by atoms with Gasteiger partial charge in [-0.25, -0.2) is 4.79 Å². The van der Waals surface area contributed by atoms with Crippen molar-refractivity contribution in [1.82, 2.24) is 0 Å². The summed E-state index contributed by atoms with van der Waals surface area (Å²) in [7, 11) is 0. The molecule has 0 spiro atoms. The summed E-state index contributed by atoms with van der Waals surface area (Å²) >= 11 is 0. The molecule has 0 bridgehead atoms. The molecule has 0 aromatic carbocycles. The van der Waals surface area contributed by atoms with Crippen molar-refractivity contribution in [3.8, 4) is 0 Å². The molecule has 0 unspecified atom stereocenters. The maximum Gasteiger partial charge on any atom is 0.377 e. The van der Waals surface area contributed by atoms with E-state index in [0.29, 0.717) is 0 Å². The highest BCUT2D eigenvalue weighted by atomic mass is 16.4.